The van der Waals surface area contributed by atoms with Crippen LogP contribution in [0.3, 0.4) is 0 Å². The maximum absolute atomic E-state index is 15.0. The van der Waals surface area contributed by atoms with Gasteiger partial charge in [-0.1, -0.05) is 19.9 Å². The SMILES string of the molecule is Cc1c(F)cc(NC(=O)C(CC/C=C/C(=O)N(C)C)OC(=O)N(C)C)c(=O)n1Cc1nc2c(F)cnc(CC(C)C)c2[nH]1. The van der Waals surface area contributed by atoms with Crippen LogP contribution in [0, 0.1) is 24.5 Å². The van der Waals surface area contributed by atoms with Gasteiger partial charge >= 0.3 is 6.09 Å². The Labute approximate surface area is 247 Å². The summed E-state index contributed by atoms with van der Waals surface area (Å²) < 4.78 is 35.9. The first-order chi connectivity index (χ1) is 20.2. The molecule has 3 aromatic rings. The lowest BCUT2D eigenvalue weighted by molar-refractivity contribution is -0.125. The zero-order valence-electron chi connectivity index (χ0n) is 25.3. The van der Waals surface area contributed by atoms with E-state index in [0.717, 1.165) is 21.7 Å². The Morgan fingerprint density at radius 3 is 2.47 bits per heavy atom. The first-order valence-electron chi connectivity index (χ1n) is 13.7. The molecule has 1 atom stereocenters. The zero-order chi connectivity index (χ0) is 32.0. The zero-order valence-corrected chi connectivity index (χ0v) is 25.3. The number of aromatic amines is 1. The van der Waals surface area contributed by atoms with E-state index in [1.807, 2.05) is 13.8 Å². The van der Waals surface area contributed by atoms with Crippen LogP contribution in [0.15, 0.2) is 29.2 Å². The van der Waals surface area contributed by atoms with Crippen molar-refractivity contribution in [2.24, 2.45) is 5.92 Å². The van der Waals surface area contributed by atoms with Gasteiger partial charge in [-0.15, -0.1) is 0 Å². The van der Waals surface area contributed by atoms with Crippen molar-refractivity contribution in [1.29, 1.82) is 0 Å². The van der Waals surface area contributed by atoms with Gasteiger partial charge in [0.25, 0.3) is 11.5 Å². The second-order valence-corrected chi connectivity index (χ2v) is 10.9. The van der Waals surface area contributed by atoms with Gasteiger partial charge in [0.05, 0.1) is 29.6 Å². The Bertz CT molecular complexity index is 1590. The van der Waals surface area contributed by atoms with Crippen molar-refractivity contribution < 1.29 is 27.9 Å². The van der Waals surface area contributed by atoms with Crippen molar-refractivity contribution >= 4 is 34.6 Å². The minimum Gasteiger partial charge on any atom is -0.436 e. The van der Waals surface area contributed by atoms with E-state index in [1.54, 1.807) is 14.1 Å². The summed E-state index contributed by atoms with van der Waals surface area (Å²) >= 11 is 0. The number of nitrogens with one attached hydrogen (secondary N) is 2. The molecule has 3 heterocycles. The molecular formula is C29H37F2N7O5. The highest BCUT2D eigenvalue weighted by Gasteiger charge is 2.25. The van der Waals surface area contributed by atoms with Gasteiger partial charge < -0.3 is 29.4 Å². The highest BCUT2D eigenvalue weighted by molar-refractivity contribution is 5.95. The van der Waals surface area contributed by atoms with Gasteiger partial charge in [-0.25, -0.2) is 18.6 Å². The third-order valence-electron chi connectivity index (χ3n) is 6.46. The number of hydrogen-bond acceptors (Lipinski definition) is 7. The van der Waals surface area contributed by atoms with Crippen LogP contribution in [0.1, 0.15) is 43.9 Å². The summed E-state index contributed by atoms with van der Waals surface area (Å²) in [4.78, 5) is 64.5. The molecule has 0 aromatic carbocycles. The van der Waals surface area contributed by atoms with Crippen molar-refractivity contribution in [3.63, 3.8) is 0 Å². The minimum absolute atomic E-state index is 0.0115. The number of carbonyl (C=O) groups is 3. The Balaban J connectivity index is 1.90. The van der Waals surface area contributed by atoms with E-state index >= 15 is 4.39 Å². The number of hydrogen-bond donors (Lipinski definition) is 2. The van der Waals surface area contributed by atoms with Crippen LogP contribution in [-0.2, 0) is 27.3 Å². The van der Waals surface area contributed by atoms with Gasteiger partial charge in [-0.05, 0) is 38.2 Å². The quantitative estimate of drug-likeness (QED) is 0.321. The Kier molecular flexibility index (Phi) is 10.7. The van der Waals surface area contributed by atoms with E-state index in [4.69, 9.17) is 4.74 Å². The standard InChI is InChI=1S/C29H37F2N7O5/c1-16(2)12-20-26-25(19(31)14-32-20)34-23(35-26)15-38-17(3)18(30)13-21(28(38)41)33-27(40)22(43-29(42)37(6)7)10-8-9-11-24(39)36(4)5/h9,11,13-14,16,22H,8,10,12,15H2,1-7H3,(H,33,40)(H,34,35)/b11-9+. The average Bonchev–Trinajstić information content (AvgIpc) is 3.37. The molecule has 0 spiro atoms. The molecule has 232 valence electrons. The van der Waals surface area contributed by atoms with E-state index in [0.29, 0.717) is 17.6 Å². The number of likely N-dealkylation sites (N-methyl/N-ethyl adjacent to an activating group) is 1. The van der Waals surface area contributed by atoms with E-state index in [1.165, 1.54) is 38.1 Å². The van der Waals surface area contributed by atoms with Crippen molar-refractivity contribution in [2.45, 2.75) is 52.7 Å². The van der Waals surface area contributed by atoms with Crippen molar-refractivity contribution in [3.8, 4) is 0 Å². The average molecular weight is 602 g/mol. The number of anilines is 1. The third kappa shape index (κ3) is 8.23. The molecular weight excluding hydrogens is 564 g/mol. The van der Waals surface area contributed by atoms with E-state index in [9.17, 15) is 23.6 Å². The monoisotopic (exact) mass is 601 g/mol. The van der Waals surface area contributed by atoms with Crippen LogP contribution < -0.4 is 10.9 Å². The summed E-state index contributed by atoms with van der Waals surface area (Å²) in [5.74, 6) is -2.11. The number of allylic oxidation sites excluding steroid dienone is 1. The van der Waals surface area contributed by atoms with Crippen LogP contribution in [0.4, 0.5) is 19.3 Å². The Hall–Kier alpha value is -4.62. The van der Waals surface area contributed by atoms with Gasteiger partial charge in [0.1, 0.15) is 22.8 Å². The summed E-state index contributed by atoms with van der Waals surface area (Å²) in [6.45, 7) is 5.13. The number of halogens is 2. The third-order valence-corrected chi connectivity index (χ3v) is 6.46. The van der Waals surface area contributed by atoms with Crippen molar-refractivity contribution in [3.05, 3.63) is 63.6 Å². The molecule has 43 heavy (non-hydrogen) atoms. The first-order valence-corrected chi connectivity index (χ1v) is 13.7. The van der Waals surface area contributed by atoms with Gasteiger partial charge in [0.15, 0.2) is 11.9 Å². The smallest absolute Gasteiger partial charge is 0.410 e. The van der Waals surface area contributed by atoms with Crippen LogP contribution in [0.25, 0.3) is 11.0 Å². The largest absolute Gasteiger partial charge is 0.436 e. The fourth-order valence-electron chi connectivity index (χ4n) is 4.09. The molecule has 3 rings (SSSR count). The lowest BCUT2D eigenvalue weighted by Crippen LogP contribution is -2.38. The maximum Gasteiger partial charge on any atom is 0.410 e. The summed E-state index contributed by atoms with van der Waals surface area (Å²) in [5.41, 5.74) is -0.101. The number of amides is 3. The number of imidazole rings is 1. The molecule has 0 bridgehead atoms. The van der Waals surface area contributed by atoms with Crippen LogP contribution in [-0.4, -0.2) is 81.5 Å². The molecule has 2 N–H and O–H groups in total. The number of aromatic nitrogens is 4. The number of H-pyrrole nitrogens is 1. The predicted molar refractivity (Wildman–Crippen MR) is 157 cm³/mol. The fourth-order valence-corrected chi connectivity index (χ4v) is 4.09. The van der Waals surface area contributed by atoms with Crippen LogP contribution in [0.2, 0.25) is 0 Å². The fraction of sp³-hybridized carbons (Fsp3) is 0.448. The van der Waals surface area contributed by atoms with Crippen LogP contribution >= 0.6 is 0 Å². The molecule has 3 amide bonds. The van der Waals surface area contributed by atoms with E-state index < -0.39 is 35.3 Å². The number of ether oxygens (including phenoxy) is 1. The molecule has 14 heteroatoms. The number of pyridine rings is 2. The molecule has 0 saturated carbocycles. The maximum atomic E-state index is 15.0. The van der Waals surface area contributed by atoms with Crippen molar-refractivity contribution in [1.82, 2.24) is 29.3 Å². The summed E-state index contributed by atoms with van der Waals surface area (Å²) in [5, 5.41) is 2.38. The number of carbonyl (C=O) groups excluding carboxylic acids is 3. The molecule has 0 saturated heterocycles. The number of fused-ring (bicyclic) bond motifs is 1. The van der Waals surface area contributed by atoms with E-state index in [-0.39, 0.29) is 53.9 Å². The second-order valence-electron chi connectivity index (χ2n) is 10.9. The Morgan fingerprint density at radius 2 is 1.84 bits per heavy atom. The van der Waals surface area contributed by atoms with Gasteiger partial charge in [0.2, 0.25) is 5.91 Å². The Morgan fingerprint density at radius 1 is 1.14 bits per heavy atom. The normalized spacial score (nSPS) is 12.1. The van der Waals surface area contributed by atoms with Crippen molar-refractivity contribution in [2.75, 3.05) is 33.5 Å². The summed E-state index contributed by atoms with van der Waals surface area (Å²) in [7, 11) is 6.05. The summed E-state index contributed by atoms with van der Waals surface area (Å²) in [6.07, 6.45) is 2.54. The summed E-state index contributed by atoms with van der Waals surface area (Å²) in [6, 6.07) is 0.884. The van der Waals surface area contributed by atoms with Crippen LogP contribution in [0.5, 0.6) is 0 Å². The first kappa shape index (κ1) is 32.9. The molecule has 0 aliphatic rings. The van der Waals surface area contributed by atoms with Gasteiger partial charge in [0, 0.05) is 34.3 Å². The van der Waals surface area contributed by atoms with E-state index in [2.05, 4.69) is 20.3 Å². The molecule has 0 aliphatic heterocycles. The predicted octanol–water partition coefficient (Wildman–Crippen LogP) is 3.38. The molecule has 0 fully saturated rings. The van der Waals surface area contributed by atoms with Gasteiger partial charge in [-0.2, -0.15) is 0 Å². The lowest BCUT2D eigenvalue weighted by Gasteiger charge is -2.20. The molecule has 12 nitrogen and oxygen atoms in total. The van der Waals surface area contributed by atoms with Gasteiger partial charge in [-0.3, -0.25) is 19.4 Å². The second kappa shape index (κ2) is 14.0. The molecule has 0 aliphatic carbocycles. The highest BCUT2D eigenvalue weighted by atomic mass is 19.1. The number of rotatable bonds is 11. The molecule has 1 unspecified atom stereocenters. The topological polar surface area (TPSA) is 143 Å². The lowest BCUT2D eigenvalue weighted by atomic mass is 10.1. The molecule has 0 radical (unpaired) electrons. The minimum atomic E-state index is -1.35. The number of nitrogens with zero attached hydrogens (tertiary/aromatic N) is 5. The molecule has 3 aromatic heterocycles. The highest BCUT2D eigenvalue weighted by Crippen LogP contribution is 2.21.